The first-order valence-electron chi connectivity index (χ1n) is 8.21. The van der Waals surface area contributed by atoms with Gasteiger partial charge >= 0.3 is 0 Å². The number of aryl methyl sites for hydroxylation is 3. The van der Waals surface area contributed by atoms with E-state index in [0.717, 1.165) is 30.9 Å². The Labute approximate surface area is 122 Å². The summed E-state index contributed by atoms with van der Waals surface area (Å²) in [6.45, 7) is 9.01. The fraction of sp³-hybridized carbons (Fsp3) is 0.812. The van der Waals surface area contributed by atoms with Crippen molar-refractivity contribution >= 4 is 0 Å². The molecule has 3 heterocycles. The predicted molar refractivity (Wildman–Crippen MR) is 81.9 cm³/mol. The molecule has 0 aromatic carbocycles. The number of hydrogen-bond donors (Lipinski definition) is 1. The van der Waals surface area contributed by atoms with Gasteiger partial charge in [-0.25, -0.2) is 0 Å². The van der Waals surface area contributed by atoms with Gasteiger partial charge in [0.2, 0.25) is 0 Å². The molecule has 2 aliphatic heterocycles. The van der Waals surface area contributed by atoms with Crippen LogP contribution in [0.4, 0.5) is 0 Å². The molecule has 0 bridgehead atoms. The predicted octanol–water partition coefficient (Wildman–Crippen LogP) is 2.11. The number of rotatable bonds is 5. The third kappa shape index (κ3) is 3.23. The Morgan fingerprint density at radius 3 is 3.00 bits per heavy atom. The second-order valence-electron chi connectivity index (χ2n) is 6.51. The molecule has 2 aliphatic rings. The molecule has 2 unspecified atom stereocenters. The fourth-order valence-electron chi connectivity index (χ4n) is 3.85. The van der Waals surface area contributed by atoms with Crippen LogP contribution in [0, 0.1) is 13.8 Å². The van der Waals surface area contributed by atoms with Gasteiger partial charge in [0.05, 0.1) is 5.69 Å². The molecule has 2 fully saturated rings. The van der Waals surface area contributed by atoms with Crippen molar-refractivity contribution < 1.29 is 0 Å². The number of nitrogens with zero attached hydrogens (tertiary/aromatic N) is 3. The highest BCUT2D eigenvalue weighted by molar-refractivity contribution is 5.06. The van der Waals surface area contributed by atoms with Gasteiger partial charge in [-0.15, -0.1) is 0 Å². The third-order valence-corrected chi connectivity index (χ3v) is 4.90. The lowest BCUT2D eigenvalue weighted by atomic mass is 9.97. The molecule has 2 saturated heterocycles. The zero-order chi connectivity index (χ0) is 13.9. The van der Waals surface area contributed by atoms with E-state index >= 15 is 0 Å². The van der Waals surface area contributed by atoms with Crippen LogP contribution < -0.4 is 5.32 Å². The van der Waals surface area contributed by atoms with Gasteiger partial charge in [-0.3, -0.25) is 4.68 Å². The average molecular weight is 276 g/mol. The monoisotopic (exact) mass is 276 g/mol. The molecule has 112 valence electrons. The van der Waals surface area contributed by atoms with Crippen molar-refractivity contribution in [3.8, 4) is 0 Å². The van der Waals surface area contributed by atoms with Crippen LogP contribution in [-0.2, 0) is 6.54 Å². The number of nitrogens with one attached hydrogen (secondary N) is 1. The molecule has 4 heteroatoms. The summed E-state index contributed by atoms with van der Waals surface area (Å²) in [4.78, 5) is 2.69. The van der Waals surface area contributed by atoms with Crippen molar-refractivity contribution in [2.45, 2.75) is 64.6 Å². The van der Waals surface area contributed by atoms with Crippen molar-refractivity contribution in [1.29, 1.82) is 0 Å². The first-order chi connectivity index (χ1) is 9.72. The first-order valence-corrected chi connectivity index (χ1v) is 8.21. The Hall–Kier alpha value is -0.870. The van der Waals surface area contributed by atoms with E-state index in [1.807, 2.05) is 0 Å². The van der Waals surface area contributed by atoms with E-state index in [-0.39, 0.29) is 0 Å². The number of fused-ring (bicyclic) bond motifs is 1. The zero-order valence-electron chi connectivity index (χ0n) is 12.9. The molecule has 0 amide bonds. The fourth-order valence-corrected chi connectivity index (χ4v) is 3.85. The molecule has 0 radical (unpaired) electrons. The van der Waals surface area contributed by atoms with Gasteiger partial charge in [-0.1, -0.05) is 0 Å². The second kappa shape index (κ2) is 6.27. The Bertz CT molecular complexity index is 440. The molecular formula is C16H28N4. The minimum absolute atomic E-state index is 0.745. The largest absolute Gasteiger partial charge is 0.314 e. The first kappa shape index (κ1) is 14.1. The highest BCUT2D eigenvalue weighted by Crippen LogP contribution is 2.26. The van der Waals surface area contributed by atoms with Crippen LogP contribution in [0.15, 0.2) is 6.07 Å². The minimum Gasteiger partial charge on any atom is -0.314 e. The zero-order valence-corrected chi connectivity index (χ0v) is 12.9. The molecule has 0 aliphatic carbocycles. The topological polar surface area (TPSA) is 33.1 Å². The summed E-state index contributed by atoms with van der Waals surface area (Å²) in [5.74, 6) is 0. The molecule has 0 spiro atoms. The van der Waals surface area contributed by atoms with E-state index in [2.05, 4.69) is 39.9 Å². The summed E-state index contributed by atoms with van der Waals surface area (Å²) in [5.41, 5.74) is 2.41. The number of piperidine rings is 1. The van der Waals surface area contributed by atoms with Crippen LogP contribution in [0.25, 0.3) is 0 Å². The van der Waals surface area contributed by atoms with Gasteiger partial charge in [-0.05, 0) is 71.7 Å². The van der Waals surface area contributed by atoms with Crippen molar-refractivity contribution in [2.75, 3.05) is 19.6 Å². The Morgan fingerprint density at radius 1 is 1.30 bits per heavy atom. The van der Waals surface area contributed by atoms with Gasteiger partial charge in [0, 0.05) is 24.3 Å². The van der Waals surface area contributed by atoms with Gasteiger partial charge < -0.3 is 10.2 Å². The van der Waals surface area contributed by atoms with Crippen molar-refractivity contribution in [1.82, 2.24) is 20.0 Å². The maximum absolute atomic E-state index is 4.52. The summed E-state index contributed by atoms with van der Waals surface area (Å²) < 4.78 is 2.14. The van der Waals surface area contributed by atoms with Crippen LogP contribution in [0.2, 0.25) is 0 Å². The quantitative estimate of drug-likeness (QED) is 0.836. The SMILES string of the molecule is Cc1cc(C)n(CCCNC2CCN3CCCC3C2)n1. The maximum Gasteiger partial charge on any atom is 0.0596 e. The lowest BCUT2D eigenvalue weighted by Crippen LogP contribution is -2.45. The summed E-state index contributed by atoms with van der Waals surface area (Å²) in [6, 6.07) is 3.77. The maximum atomic E-state index is 4.52. The van der Waals surface area contributed by atoms with Gasteiger partial charge in [-0.2, -0.15) is 5.10 Å². The highest BCUT2D eigenvalue weighted by atomic mass is 15.3. The van der Waals surface area contributed by atoms with Crippen LogP contribution in [-0.4, -0.2) is 46.4 Å². The minimum atomic E-state index is 0.745. The van der Waals surface area contributed by atoms with E-state index in [1.54, 1.807) is 0 Å². The van der Waals surface area contributed by atoms with E-state index in [0.29, 0.717) is 0 Å². The number of hydrogen-bond acceptors (Lipinski definition) is 3. The molecule has 1 N–H and O–H groups in total. The summed E-state index contributed by atoms with van der Waals surface area (Å²) in [6.07, 6.45) is 6.70. The molecular weight excluding hydrogens is 248 g/mol. The molecule has 0 saturated carbocycles. The van der Waals surface area contributed by atoms with E-state index in [1.165, 1.54) is 50.9 Å². The third-order valence-electron chi connectivity index (χ3n) is 4.90. The van der Waals surface area contributed by atoms with E-state index in [4.69, 9.17) is 0 Å². The van der Waals surface area contributed by atoms with Crippen LogP contribution in [0.3, 0.4) is 0 Å². The van der Waals surface area contributed by atoms with Crippen molar-refractivity contribution in [2.24, 2.45) is 0 Å². The number of aromatic nitrogens is 2. The van der Waals surface area contributed by atoms with E-state index < -0.39 is 0 Å². The standard InChI is InChI=1S/C16H28N4/c1-13-11-14(2)20(18-13)9-4-7-17-15-6-10-19-8-3-5-16(19)12-15/h11,15-17H,3-10,12H2,1-2H3. The normalized spacial score (nSPS) is 26.9. The van der Waals surface area contributed by atoms with Crippen molar-refractivity contribution in [3.63, 3.8) is 0 Å². The average Bonchev–Trinajstić information content (AvgIpc) is 3.00. The van der Waals surface area contributed by atoms with Crippen LogP contribution in [0.5, 0.6) is 0 Å². The lowest BCUT2D eigenvalue weighted by molar-refractivity contribution is 0.167. The molecule has 4 nitrogen and oxygen atoms in total. The van der Waals surface area contributed by atoms with Crippen LogP contribution >= 0.6 is 0 Å². The Balaban J connectivity index is 1.37. The summed E-state index contributed by atoms with van der Waals surface area (Å²) in [7, 11) is 0. The molecule has 1 aromatic rings. The van der Waals surface area contributed by atoms with Gasteiger partial charge in [0.15, 0.2) is 0 Å². The second-order valence-corrected chi connectivity index (χ2v) is 6.51. The Kier molecular flexibility index (Phi) is 4.41. The van der Waals surface area contributed by atoms with Crippen molar-refractivity contribution in [3.05, 3.63) is 17.5 Å². The van der Waals surface area contributed by atoms with E-state index in [9.17, 15) is 0 Å². The molecule has 2 atom stereocenters. The highest BCUT2D eigenvalue weighted by Gasteiger charge is 2.31. The molecule has 20 heavy (non-hydrogen) atoms. The van der Waals surface area contributed by atoms with Crippen LogP contribution in [0.1, 0.15) is 43.5 Å². The summed E-state index contributed by atoms with van der Waals surface area (Å²) >= 11 is 0. The smallest absolute Gasteiger partial charge is 0.0596 e. The molecule has 1 aromatic heterocycles. The molecule has 3 rings (SSSR count). The van der Waals surface area contributed by atoms with Gasteiger partial charge in [0.1, 0.15) is 0 Å². The van der Waals surface area contributed by atoms with Gasteiger partial charge in [0.25, 0.3) is 0 Å². The lowest BCUT2D eigenvalue weighted by Gasteiger charge is -2.35. The summed E-state index contributed by atoms with van der Waals surface area (Å²) in [5, 5.41) is 8.28. The Morgan fingerprint density at radius 2 is 2.20 bits per heavy atom.